The lowest BCUT2D eigenvalue weighted by Crippen LogP contribution is -2.36. The van der Waals surface area contributed by atoms with Crippen molar-refractivity contribution in [1.82, 2.24) is 9.78 Å². The molecule has 1 saturated heterocycles. The van der Waals surface area contributed by atoms with Crippen LogP contribution in [0, 0.1) is 0 Å². The number of carbonyl (C=O) groups is 1. The van der Waals surface area contributed by atoms with E-state index < -0.39 is 0 Å². The van der Waals surface area contributed by atoms with E-state index in [1.807, 2.05) is 25.1 Å². The normalized spacial score (nSPS) is 14.2. The van der Waals surface area contributed by atoms with Gasteiger partial charge in [-0.2, -0.15) is 5.10 Å². The van der Waals surface area contributed by atoms with Gasteiger partial charge in [0.05, 0.1) is 24.6 Å². The molecule has 3 rings (SSSR count). The number of morpholine rings is 1. The summed E-state index contributed by atoms with van der Waals surface area (Å²) < 4.78 is 7.63. The molecule has 7 nitrogen and oxygen atoms in total. The average molecular weight is 435 g/mol. The molecule has 1 amide bonds. The zero-order chi connectivity index (χ0) is 19.2. The molecule has 1 aromatic heterocycles. The Bertz CT molecular complexity index is 862. The van der Waals surface area contributed by atoms with Crippen molar-refractivity contribution in [2.75, 3.05) is 36.5 Å². The lowest BCUT2D eigenvalue weighted by Gasteiger charge is -2.30. The number of unbranched alkanes of at least 4 members (excludes halogenated alkanes) is 1. The number of halogens is 1. The lowest BCUT2D eigenvalue weighted by atomic mass is 10.2. The van der Waals surface area contributed by atoms with E-state index in [1.54, 1.807) is 0 Å². The van der Waals surface area contributed by atoms with Crippen LogP contribution in [0.3, 0.4) is 0 Å². The summed E-state index contributed by atoms with van der Waals surface area (Å²) in [7, 11) is 0. The van der Waals surface area contributed by atoms with Gasteiger partial charge in [-0.3, -0.25) is 9.59 Å². The van der Waals surface area contributed by atoms with Gasteiger partial charge in [0.25, 0.3) is 11.5 Å². The highest BCUT2D eigenvalue weighted by Gasteiger charge is 2.18. The SMILES string of the molecule is CCCCn1nc(C(=O)Nc2cc(Br)ccc2N2CCOCC2)ccc1=O. The summed E-state index contributed by atoms with van der Waals surface area (Å²) in [4.78, 5) is 26.8. The average Bonchev–Trinajstić information content (AvgIpc) is 2.68. The number of carbonyl (C=O) groups excluding carboxylic acids is 1. The van der Waals surface area contributed by atoms with E-state index >= 15 is 0 Å². The number of ether oxygens (including phenoxy) is 1. The van der Waals surface area contributed by atoms with Gasteiger partial charge in [0, 0.05) is 30.2 Å². The third kappa shape index (κ3) is 4.95. The second kappa shape index (κ2) is 9.14. The van der Waals surface area contributed by atoms with E-state index in [1.165, 1.54) is 16.8 Å². The maximum atomic E-state index is 12.8. The Morgan fingerprint density at radius 3 is 2.78 bits per heavy atom. The van der Waals surface area contributed by atoms with Crippen LogP contribution < -0.4 is 15.8 Å². The number of aryl methyl sites for hydroxylation is 1. The van der Waals surface area contributed by atoms with Crippen LogP contribution in [0.5, 0.6) is 0 Å². The van der Waals surface area contributed by atoms with Crippen LogP contribution >= 0.6 is 15.9 Å². The first-order chi connectivity index (χ1) is 13.1. The highest BCUT2D eigenvalue weighted by Crippen LogP contribution is 2.30. The van der Waals surface area contributed by atoms with Crippen LogP contribution in [-0.2, 0) is 11.3 Å². The van der Waals surface area contributed by atoms with Gasteiger partial charge in [-0.15, -0.1) is 0 Å². The molecule has 27 heavy (non-hydrogen) atoms. The number of amides is 1. The quantitative estimate of drug-likeness (QED) is 0.755. The van der Waals surface area contributed by atoms with E-state index in [2.05, 4.69) is 31.2 Å². The molecule has 0 radical (unpaired) electrons. The topological polar surface area (TPSA) is 76.5 Å². The summed E-state index contributed by atoms with van der Waals surface area (Å²) in [5.74, 6) is -0.340. The minimum absolute atomic E-state index is 0.198. The van der Waals surface area contributed by atoms with Gasteiger partial charge < -0.3 is 15.0 Å². The maximum Gasteiger partial charge on any atom is 0.276 e. The molecule has 0 saturated carbocycles. The molecule has 0 spiro atoms. The van der Waals surface area contributed by atoms with E-state index in [0.717, 1.165) is 36.1 Å². The Hall–Kier alpha value is -2.19. The van der Waals surface area contributed by atoms with Crippen LogP contribution in [0.2, 0.25) is 0 Å². The summed E-state index contributed by atoms with van der Waals surface area (Å²) in [6.45, 7) is 5.41. The van der Waals surface area contributed by atoms with Gasteiger partial charge in [0.15, 0.2) is 0 Å². The van der Waals surface area contributed by atoms with Gasteiger partial charge in [-0.25, -0.2) is 4.68 Å². The van der Waals surface area contributed by atoms with Crippen molar-refractivity contribution in [3.8, 4) is 0 Å². The van der Waals surface area contributed by atoms with E-state index in [-0.39, 0.29) is 17.2 Å². The van der Waals surface area contributed by atoms with E-state index in [9.17, 15) is 9.59 Å². The second-order valence-corrected chi connectivity index (χ2v) is 7.26. The van der Waals surface area contributed by atoms with Crippen molar-refractivity contribution in [1.29, 1.82) is 0 Å². The number of rotatable bonds is 6. The third-order valence-corrected chi connectivity index (χ3v) is 4.87. The molecular weight excluding hydrogens is 412 g/mol. The fraction of sp³-hybridized carbons (Fsp3) is 0.421. The first-order valence-electron chi connectivity index (χ1n) is 9.10. The Kier molecular flexibility index (Phi) is 6.63. The third-order valence-electron chi connectivity index (χ3n) is 4.38. The van der Waals surface area contributed by atoms with Crippen LogP contribution in [-0.4, -0.2) is 42.0 Å². The van der Waals surface area contributed by atoms with Gasteiger partial charge in [-0.05, 0) is 30.7 Å². The molecule has 2 heterocycles. The van der Waals surface area contributed by atoms with E-state index in [0.29, 0.717) is 25.4 Å². The molecule has 1 fully saturated rings. The number of hydrogen-bond acceptors (Lipinski definition) is 5. The zero-order valence-electron chi connectivity index (χ0n) is 15.3. The molecule has 1 aromatic carbocycles. The molecule has 0 aliphatic carbocycles. The van der Waals surface area contributed by atoms with Crippen LogP contribution in [0.15, 0.2) is 39.6 Å². The van der Waals surface area contributed by atoms with Crippen molar-refractivity contribution in [3.05, 3.63) is 50.9 Å². The first-order valence-corrected chi connectivity index (χ1v) is 9.89. The highest BCUT2D eigenvalue weighted by molar-refractivity contribution is 9.10. The summed E-state index contributed by atoms with van der Waals surface area (Å²) in [6.07, 6.45) is 1.79. The van der Waals surface area contributed by atoms with Crippen LogP contribution in [0.4, 0.5) is 11.4 Å². The largest absolute Gasteiger partial charge is 0.378 e. The molecular formula is C19H23BrN4O3. The minimum atomic E-state index is -0.340. The summed E-state index contributed by atoms with van der Waals surface area (Å²) >= 11 is 3.46. The molecule has 1 aliphatic heterocycles. The summed E-state index contributed by atoms with van der Waals surface area (Å²) in [5.41, 5.74) is 1.66. The Morgan fingerprint density at radius 2 is 2.04 bits per heavy atom. The molecule has 144 valence electrons. The van der Waals surface area contributed by atoms with Gasteiger partial charge >= 0.3 is 0 Å². The van der Waals surface area contributed by atoms with Crippen molar-refractivity contribution < 1.29 is 9.53 Å². The zero-order valence-corrected chi connectivity index (χ0v) is 16.9. The smallest absolute Gasteiger partial charge is 0.276 e. The minimum Gasteiger partial charge on any atom is -0.378 e. The van der Waals surface area contributed by atoms with Crippen LogP contribution in [0.1, 0.15) is 30.3 Å². The fourth-order valence-corrected chi connectivity index (χ4v) is 3.27. The molecule has 8 heteroatoms. The number of hydrogen-bond donors (Lipinski definition) is 1. The number of nitrogens with zero attached hydrogens (tertiary/aromatic N) is 3. The fourth-order valence-electron chi connectivity index (χ4n) is 2.91. The molecule has 0 bridgehead atoms. The van der Waals surface area contributed by atoms with Crippen molar-refractivity contribution in [2.24, 2.45) is 0 Å². The molecule has 2 aromatic rings. The van der Waals surface area contributed by atoms with E-state index in [4.69, 9.17) is 4.74 Å². The highest BCUT2D eigenvalue weighted by atomic mass is 79.9. The van der Waals surface area contributed by atoms with Crippen molar-refractivity contribution in [2.45, 2.75) is 26.3 Å². The Balaban J connectivity index is 1.83. The second-order valence-electron chi connectivity index (χ2n) is 6.35. The standard InChI is InChI=1S/C19H23BrN4O3/c1-2-3-8-24-18(25)7-5-15(22-24)19(26)21-16-13-14(20)4-6-17(16)23-9-11-27-12-10-23/h4-7,13H,2-3,8-12H2,1H3,(H,21,26). The number of anilines is 2. The first kappa shape index (κ1) is 19.6. The number of nitrogens with one attached hydrogen (secondary N) is 1. The van der Waals surface area contributed by atoms with Crippen molar-refractivity contribution >= 4 is 33.2 Å². The Labute approximate surface area is 166 Å². The maximum absolute atomic E-state index is 12.8. The molecule has 1 aliphatic rings. The molecule has 0 unspecified atom stereocenters. The molecule has 0 atom stereocenters. The Morgan fingerprint density at radius 1 is 1.26 bits per heavy atom. The van der Waals surface area contributed by atoms with Crippen molar-refractivity contribution in [3.63, 3.8) is 0 Å². The molecule has 1 N–H and O–H groups in total. The monoisotopic (exact) mass is 434 g/mol. The number of benzene rings is 1. The van der Waals surface area contributed by atoms with Gasteiger partial charge in [0.2, 0.25) is 0 Å². The lowest BCUT2D eigenvalue weighted by molar-refractivity contribution is 0.101. The predicted octanol–water partition coefficient (Wildman–Crippen LogP) is 2.89. The van der Waals surface area contributed by atoms with Crippen LogP contribution in [0.25, 0.3) is 0 Å². The van der Waals surface area contributed by atoms with Gasteiger partial charge in [-0.1, -0.05) is 29.3 Å². The number of aromatic nitrogens is 2. The summed E-state index contributed by atoms with van der Waals surface area (Å²) in [6, 6.07) is 8.65. The summed E-state index contributed by atoms with van der Waals surface area (Å²) in [5, 5.41) is 7.16. The van der Waals surface area contributed by atoms with Gasteiger partial charge in [0.1, 0.15) is 5.69 Å². The predicted molar refractivity (Wildman–Crippen MR) is 109 cm³/mol.